The van der Waals surface area contributed by atoms with Crippen LogP contribution in [0.1, 0.15) is 24.2 Å². The summed E-state index contributed by atoms with van der Waals surface area (Å²) in [4.78, 5) is 0. The molecule has 0 spiro atoms. The number of nitrogens with one attached hydrogen (secondary N) is 1. The second kappa shape index (κ2) is 6.41. The van der Waals surface area contributed by atoms with Gasteiger partial charge in [-0.25, -0.2) is 0 Å². The van der Waals surface area contributed by atoms with Gasteiger partial charge in [0.1, 0.15) is 0 Å². The minimum atomic E-state index is -0.759. The van der Waals surface area contributed by atoms with Gasteiger partial charge in [0.25, 0.3) is 0 Å². The summed E-state index contributed by atoms with van der Waals surface area (Å²) in [6.07, 6.45) is -0.759. The number of benzene rings is 2. The number of rotatable bonds is 5. The van der Waals surface area contributed by atoms with Crippen LogP contribution in [-0.4, -0.2) is 21.4 Å². The lowest BCUT2D eigenvalue weighted by molar-refractivity contribution is 0.135. The Morgan fingerprint density at radius 2 is 1.70 bits per heavy atom. The van der Waals surface area contributed by atoms with Crippen molar-refractivity contribution in [2.24, 2.45) is 0 Å². The highest BCUT2D eigenvalue weighted by Gasteiger charge is 2.17. The van der Waals surface area contributed by atoms with Crippen molar-refractivity contribution in [3.8, 4) is 11.5 Å². The van der Waals surface area contributed by atoms with Gasteiger partial charge in [0.15, 0.2) is 11.5 Å². The molecular formula is C16H19NO3. The van der Waals surface area contributed by atoms with Crippen LogP contribution in [-0.2, 0) is 6.54 Å². The lowest BCUT2D eigenvalue weighted by Crippen LogP contribution is -2.31. The van der Waals surface area contributed by atoms with E-state index in [1.807, 2.05) is 37.3 Å². The topological polar surface area (TPSA) is 72.7 Å². The van der Waals surface area contributed by atoms with E-state index in [0.29, 0.717) is 12.1 Å². The fourth-order valence-electron chi connectivity index (χ4n) is 2.00. The summed E-state index contributed by atoms with van der Waals surface area (Å²) in [6, 6.07) is 14.1. The highest BCUT2D eigenvalue weighted by Crippen LogP contribution is 2.28. The molecule has 4 nitrogen and oxygen atoms in total. The van der Waals surface area contributed by atoms with Gasteiger partial charge in [-0.1, -0.05) is 36.4 Å². The van der Waals surface area contributed by atoms with Gasteiger partial charge < -0.3 is 20.6 Å². The maximum absolute atomic E-state index is 10.2. The standard InChI is InChI=1S/C16H19NO3/c1-11(17-10-12-5-3-2-4-6-12)16(20)13-7-8-14(18)15(19)9-13/h2-9,11,16-20H,10H2,1H3. The average molecular weight is 273 g/mol. The summed E-state index contributed by atoms with van der Waals surface area (Å²) in [5.41, 5.74) is 1.70. The number of hydrogen-bond acceptors (Lipinski definition) is 4. The van der Waals surface area contributed by atoms with E-state index in [9.17, 15) is 15.3 Å². The molecule has 0 saturated carbocycles. The minimum absolute atomic E-state index is 0.181. The first-order valence-electron chi connectivity index (χ1n) is 6.55. The molecule has 0 aliphatic carbocycles. The lowest BCUT2D eigenvalue weighted by atomic mass is 10.0. The molecule has 0 amide bonds. The van der Waals surface area contributed by atoms with E-state index in [2.05, 4.69) is 5.32 Å². The third kappa shape index (κ3) is 3.50. The molecule has 20 heavy (non-hydrogen) atoms. The van der Waals surface area contributed by atoms with Gasteiger partial charge in [0.2, 0.25) is 0 Å². The summed E-state index contributed by atoms with van der Waals surface area (Å²) in [7, 11) is 0. The van der Waals surface area contributed by atoms with Crippen LogP contribution >= 0.6 is 0 Å². The van der Waals surface area contributed by atoms with Crippen molar-refractivity contribution in [2.45, 2.75) is 25.6 Å². The summed E-state index contributed by atoms with van der Waals surface area (Å²) in [5.74, 6) is -0.414. The molecule has 2 unspecified atom stereocenters. The molecular weight excluding hydrogens is 254 g/mol. The van der Waals surface area contributed by atoms with Gasteiger partial charge in [-0.3, -0.25) is 0 Å². The van der Waals surface area contributed by atoms with Crippen LogP contribution in [0.15, 0.2) is 48.5 Å². The molecule has 2 atom stereocenters. The van der Waals surface area contributed by atoms with Crippen molar-refractivity contribution in [1.29, 1.82) is 0 Å². The molecule has 0 heterocycles. The third-order valence-corrected chi connectivity index (χ3v) is 3.29. The number of phenolic OH excluding ortho intramolecular Hbond substituents is 2. The first-order valence-corrected chi connectivity index (χ1v) is 6.55. The Hall–Kier alpha value is -2.04. The fraction of sp³-hybridized carbons (Fsp3) is 0.250. The van der Waals surface area contributed by atoms with Gasteiger partial charge in [-0.15, -0.1) is 0 Å². The smallest absolute Gasteiger partial charge is 0.157 e. The van der Waals surface area contributed by atoms with Gasteiger partial charge >= 0.3 is 0 Å². The number of aliphatic hydroxyl groups is 1. The monoisotopic (exact) mass is 273 g/mol. The second-order valence-corrected chi connectivity index (χ2v) is 4.85. The number of hydrogen-bond donors (Lipinski definition) is 4. The maximum Gasteiger partial charge on any atom is 0.157 e. The number of aliphatic hydroxyl groups excluding tert-OH is 1. The number of aromatic hydroxyl groups is 2. The van der Waals surface area contributed by atoms with E-state index in [1.54, 1.807) is 6.07 Å². The molecule has 4 N–H and O–H groups in total. The summed E-state index contributed by atoms with van der Waals surface area (Å²) in [5, 5.41) is 32.2. The van der Waals surface area contributed by atoms with Gasteiger partial charge in [-0.05, 0) is 30.2 Å². The van der Waals surface area contributed by atoms with E-state index in [1.165, 1.54) is 12.1 Å². The van der Waals surface area contributed by atoms with Crippen LogP contribution in [0.3, 0.4) is 0 Å². The Kier molecular flexibility index (Phi) is 4.61. The highest BCUT2D eigenvalue weighted by atomic mass is 16.3. The van der Waals surface area contributed by atoms with Gasteiger partial charge in [0, 0.05) is 12.6 Å². The molecule has 0 bridgehead atoms. The molecule has 0 fully saturated rings. The second-order valence-electron chi connectivity index (χ2n) is 4.85. The Labute approximate surface area is 118 Å². The average Bonchev–Trinajstić information content (AvgIpc) is 2.48. The van der Waals surface area contributed by atoms with Crippen molar-refractivity contribution < 1.29 is 15.3 Å². The van der Waals surface area contributed by atoms with E-state index in [0.717, 1.165) is 5.56 Å². The largest absolute Gasteiger partial charge is 0.504 e. The van der Waals surface area contributed by atoms with Crippen LogP contribution in [0.2, 0.25) is 0 Å². The molecule has 2 aromatic carbocycles. The predicted molar refractivity (Wildman–Crippen MR) is 77.5 cm³/mol. The molecule has 0 radical (unpaired) electrons. The van der Waals surface area contributed by atoms with E-state index in [-0.39, 0.29) is 17.5 Å². The van der Waals surface area contributed by atoms with Crippen molar-refractivity contribution in [2.75, 3.05) is 0 Å². The zero-order chi connectivity index (χ0) is 14.5. The normalized spacial score (nSPS) is 13.9. The Morgan fingerprint density at radius 1 is 1.00 bits per heavy atom. The Balaban J connectivity index is 1.97. The predicted octanol–water partition coefficient (Wildman–Crippen LogP) is 2.31. The van der Waals surface area contributed by atoms with Gasteiger partial charge in [0.05, 0.1) is 6.10 Å². The maximum atomic E-state index is 10.2. The lowest BCUT2D eigenvalue weighted by Gasteiger charge is -2.21. The molecule has 4 heteroatoms. The first-order chi connectivity index (χ1) is 9.58. The summed E-state index contributed by atoms with van der Waals surface area (Å²) in [6.45, 7) is 2.53. The molecule has 0 aliphatic rings. The SMILES string of the molecule is CC(NCc1ccccc1)C(O)c1ccc(O)c(O)c1. The van der Waals surface area contributed by atoms with E-state index in [4.69, 9.17) is 0 Å². The zero-order valence-electron chi connectivity index (χ0n) is 11.3. The zero-order valence-corrected chi connectivity index (χ0v) is 11.3. The van der Waals surface area contributed by atoms with Crippen LogP contribution in [0.25, 0.3) is 0 Å². The van der Waals surface area contributed by atoms with E-state index >= 15 is 0 Å². The molecule has 106 valence electrons. The molecule has 2 aromatic rings. The van der Waals surface area contributed by atoms with E-state index < -0.39 is 6.10 Å². The van der Waals surface area contributed by atoms with Crippen molar-refractivity contribution >= 4 is 0 Å². The third-order valence-electron chi connectivity index (χ3n) is 3.29. The quantitative estimate of drug-likeness (QED) is 0.631. The number of phenols is 2. The molecule has 0 saturated heterocycles. The summed E-state index contributed by atoms with van der Waals surface area (Å²) >= 11 is 0. The fourth-order valence-corrected chi connectivity index (χ4v) is 2.00. The van der Waals surface area contributed by atoms with Gasteiger partial charge in [-0.2, -0.15) is 0 Å². The van der Waals surface area contributed by atoms with Crippen LogP contribution in [0.4, 0.5) is 0 Å². The molecule has 0 aliphatic heterocycles. The molecule has 0 aromatic heterocycles. The van der Waals surface area contributed by atoms with Crippen LogP contribution in [0.5, 0.6) is 11.5 Å². The Morgan fingerprint density at radius 3 is 2.35 bits per heavy atom. The highest BCUT2D eigenvalue weighted by molar-refractivity contribution is 5.41. The van der Waals surface area contributed by atoms with Crippen molar-refractivity contribution in [3.63, 3.8) is 0 Å². The minimum Gasteiger partial charge on any atom is -0.504 e. The molecule has 2 rings (SSSR count). The van der Waals surface area contributed by atoms with Crippen molar-refractivity contribution in [3.05, 3.63) is 59.7 Å². The van der Waals surface area contributed by atoms with Crippen LogP contribution in [0, 0.1) is 0 Å². The first kappa shape index (κ1) is 14.4. The van der Waals surface area contributed by atoms with Crippen LogP contribution < -0.4 is 5.32 Å². The summed E-state index contributed by atoms with van der Waals surface area (Å²) < 4.78 is 0. The van der Waals surface area contributed by atoms with Crippen molar-refractivity contribution in [1.82, 2.24) is 5.32 Å². The Bertz CT molecular complexity index is 557.